The number of esters is 2. The van der Waals surface area contributed by atoms with Gasteiger partial charge in [0.15, 0.2) is 18.0 Å². The molecule has 0 aliphatic heterocycles. The van der Waals surface area contributed by atoms with E-state index in [1.807, 2.05) is 40.7 Å². The van der Waals surface area contributed by atoms with Gasteiger partial charge in [0.2, 0.25) is 5.78 Å². The largest absolute Gasteiger partial charge is 0.457 e. The Hall–Kier alpha value is -1.99. The van der Waals surface area contributed by atoms with E-state index in [0.717, 1.165) is 12.0 Å². The molecular formula is C31H43ClO7. The Balaban J connectivity index is 1.76. The third-order valence-electron chi connectivity index (χ3n) is 10.4. The molecule has 0 bridgehead atoms. The van der Waals surface area contributed by atoms with E-state index in [4.69, 9.17) is 21.1 Å². The summed E-state index contributed by atoms with van der Waals surface area (Å²) in [6.45, 7) is 9.20. The molecule has 3 saturated carbocycles. The second-order valence-electron chi connectivity index (χ2n) is 12.5. The molecule has 0 saturated heterocycles. The SMILES string of the molecule is CCCCC(=O)O[C@]1(C(=O)COC(=O)CCC)C(C)C[C@H]2[C@@H]3CCC4=CC(=O)C=C[C@]4(C)[C@@]3(Cl)C(O)C[C@@]21C. The van der Waals surface area contributed by atoms with Gasteiger partial charge in [0.05, 0.1) is 11.0 Å². The quantitative estimate of drug-likeness (QED) is 0.302. The minimum absolute atomic E-state index is 0.0768. The Labute approximate surface area is 236 Å². The first-order valence-electron chi connectivity index (χ1n) is 14.5. The van der Waals surface area contributed by atoms with Gasteiger partial charge < -0.3 is 14.6 Å². The minimum Gasteiger partial charge on any atom is -0.457 e. The summed E-state index contributed by atoms with van der Waals surface area (Å²) in [6, 6.07) is 0. The summed E-state index contributed by atoms with van der Waals surface area (Å²) in [5.74, 6) is -2.12. The van der Waals surface area contributed by atoms with Crippen molar-refractivity contribution in [3.8, 4) is 0 Å². The Morgan fingerprint density at radius 2 is 1.82 bits per heavy atom. The van der Waals surface area contributed by atoms with E-state index in [0.29, 0.717) is 32.1 Å². The topological polar surface area (TPSA) is 107 Å². The number of rotatable bonds is 9. The third kappa shape index (κ3) is 4.43. The molecule has 4 aliphatic rings. The number of Topliss-reactive ketones (excluding diaryl/α,β-unsaturated/α-hetero) is 1. The minimum atomic E-state index is -1.55. The van der Waals surface area contributed by atoms with Gasteiger partial charge in [-0.05, 0) is 62.5 Å². The number of fused-ring (bicyclic) bond motifs is 5. The van der Waals surface area contributed by atoms with Crippen LogP contribution in [0.25, 0.3) is 0 Å². The molecule has 4 rings (SSSR count). The first kappa shape index (κ1) is 30.0. The van der Waals surface area contributed by atoms with Crippen molar-refractivity contribution in [3.05, 3.63) is 23.8 Å². The first-order chi connectivity index (χ1) is 18.3. The molecule has 0 spiro atoms. The molecule has 8 atom stereocenters. The van der Waals surface area contributed by atoms with Crippen molar-refractivity contribution in [2.45, 2.75) is 109 Å². The fourth-order valence-corrected chi connectivity index (χ4v) is 9.00. The van der Waals surface area contributed by atoms with Crippen LogP contribution < -0.4 is 0 Å². The van der Waals surface area contributed by atoms with Crippen LogP contribution in [-0.2, 0) is 28.7 Å². The molecule has 3 fully saturated rings. The van der Waals surface area contributed by atoms with Crippen molar-refractivity contribution in [2.24, 2.45) is 28.6 Å². The number of carbonyl (C=O) groups excluding carboxylic acids is 4. The van der Waals surface area contributed by atoms with Crippen molar-refractivity contribution in [1.82, 2.24) is 0 Å². The molecule has 2 unspecified atom stereocenters. The predicted octanol–water partition coefficient (Wildman–Crippen LogP) is 5.26. The Kier molecular flexibility index (Phi) is 8.28. The number of ketones is 2. The standard InChI is InChI=1S/C31H43ClO7/c1-6-8-10-27(37)39-31(25(35)18-38-26(36)9-7-2)19(3)15-23-22-12-11-20-16-21(33)13-14-28(20,4)30(22,32)24(34)17-29(23,31)5/h13-14,16,19,22-24,34H,6-12,15,17-18H2,1-5H3/t19?,22-,23-,24?,28-,29-,30-,31-/m0/s1. The zero-order valence-corrected chi connectivity index (χ0v) is 24.6. The molecular weight excluding hydrogens is 520 g/mol. The third-order valence-corrected chi connectivity index (χ3v) is 11.3. The lowest BCUT2D eigenvalue weighted by atomic mass is 9.45. The van der Waals surface area contributed by atoms with E-state index in [9.17, 15) is 24.3 Å². The summed E-state index contributed by atoms with van der Waals surface area (Å²) in [5, 5.41) is 11.9. The Morgan fingerprint density at radius 1 is 1.10 bits per heavy atom. The number of allylic oxidation sites excluding steroid dienone is 4. The van der Waals surface area contributed by atoms with Crippen LogP contribution in [0.5, 0.6) is 0 Å². The molecule has 7 nitrogen and oxygen atoms in total. The molecule has 0 amide bonds. The van der Waals surface area contributed by atoms with Gasteiger partial charge in [0.1, 0.15) is 0 Å². The lowest BCUT2D eigenvalue weighted by Gasteiger charge is -2.64. The van der Waals surface area contributed by atoms with Crippen molar-refractivity contribution >= 4 is 35.1 Å². The van der Waals surface area contributed by atoms with Crippen LogP contribution in [0.15, 0.2) is 23.8 Å². The molecule has 216 valence electrons. The van der Waals surface area contributed by atoms with Gasteiger partial charge in [-0.25, -0.2) is 0 Å². The van der Waals surface area contributed by atoms with E-state index in [-0.39, 0.29) is 42.8 Å². The van der Waals surface area contributed by atoms with Crippen LogP contribution in [-0.4, -0.2) is 51.8 Å². The van der Waals surface area contributed by atoms with Gasteiger partial charge in [0.25, 0.3) is 0 Å². The van der Waals surface area contributed by atoms with E-state index >= 15 is 0 Å². The average molecular weight is 563 g/mol. The molecule has 0 aromatic heterocycles. The average Bonchev–Trinajstić information content (AvgIpc) is 3.09. The molecule has 0 radical (unpaired) electrons. The number of ether oxygens (including phenoxy) is 2. The van der Waals surface area contributed by atoms with Gasteiger partial charge in [-0.3, -0.25) is 19.2 Å². The normalized spacial score (nSPS) is 40.7. The highest BCUT2D eigenvalue weighted by atomic mass is 35.5. The van der Waals surface area contributed by atoms with Crippen LogP contribution in [0.4, 0.5) is 0 Å². The maximum Gasteiger partial charge on any atom is 0.306 e. The van der Waals surface area contributed by atoms with E-state index in [1.54, 1.807) is 6.08 Å². The maximum absolute atomic E-state index is 14.1. The predicted molar refractivity (Wildman–Crippen MR) is 147 cm³/mol. The monoisotopic (exact) mass is 562 g/mol. The van der Waals surface area contributed by atoms with Crippen molar-refractivity contribution in [2.75, 3.05) is 6.61 Å². The zero-order valence-electron chi connectivity index (χ0n) is 23.9. The van der Waals surface area contributed by atoms with E-state index in [1.165, 1.54) is 6.08 Å². The molecule has 0 aromatic carbocycles. The molecule has 8 heteroatoms. The Morgan fingerprint density at radius 3 is 2.49 bits per heavy atom. The van der Waals surface area contributed by atoms with Crippen molar-refractivity contribution < 1.29 is 33.8 Å². The summed E-state index contributed by atoms with van der Waals surface area (Å²) >= 11 is 7.54. The highest BCUT2D eigenvalue weighted by Crippen LogP contribution is 2.72. The Bertz CT molecular complexity index is 1100. The molecule has 0 aromatic rings. The molecule has 0 heterocycles. The fourth-order valence-electron chi connectivity index (χ4n) is 8.48. The highest BCUT2D eigenvalue weighted by Gasteiger charge is 2.76. The number of aliphatic hydroxyl groups excluding tert-OH is 1. The van der Waals surface area contributed by atoms with Crippen LogP contribution in [0, 0.1) is 28.6 Å². The van der Waals surface area contributed by atoms with Crippen LogP contribution in [0.2, 0.25) is 0 Å². The van der Waals surface area contributed by atoms with Gasteiger partial charge in [0, 0.05) is 29.6 Å². The van der Waals surface area contributed by atoms with E-state index < -0.39 is 51.7 Å². The number of halogens is 1. The summed E-state index contributed by atoms with van der Waals surface area (Å²) in [7, 11) is 0. The van der Waals surface area contributed by atoms with Gasteiger partial charge in [-0.15, -0.1) is 11.6 Å². The number of hydrogen-bond donors (Lipinski definition) is 1. The van der Waals surface area contributed by atoms with Gasteiger partial charge in [-0.1, -0.05) is 52.7 Å². The molecule has 4 aliphatic carbocycles. The van der Waals surface area contributed by atoms with Crippen LogP contribution >= 0.6 is 11.6 Å². The smallest absolute Gasteiger partial charge is 0.306 e. The maximum atomic E-state index is 14.1. The fraction of sp³-hybridized carbons (Fsp3) is 0.742. The number of carbonyl (C=O) groups is 4. The van der Waals surface area contributed by atoms with Crippen molar-refractivity contribution in [3.63, 3.8) is 0 Å². The number of alkyl halides is 1. The lowest BCUT2D eigenvalue weighted by Crippen LogP contribution is -2.69. The van der Waals surface area contributed by atoms with Gasteiger partial charge >= 0.3 is 11.9 Å². The number of aliphatic hydroxyl groups is 1. The second-order valence-corrected chi connectivity index (χ2v) is 13.2. The van der Waals surface area contributed by atoms with Crippen LogP contribution in [0.3, 0.4) is 0 Å². The van der Waals surface area contributed by atoms with Crippen molar-refractivity contribution in [1.29, 1.82) is 0 Å². The summed E-state index contributed by atoms with van der Waals surface area (Å²) < 4.78 is 11.6. The lowest BCUT2D eigenvalue weighted by molar-refractivity contribution is -0.203. The number of unbranched alkanes of at least 4 members (excludes halogenated alkanes) is 1. The molecule has 39 heavy (non-hydrogen) atoms. The zero-order chi connectivity index (χ0) is 28.8. The highest BCUT2D eigenvalue weighted by molar-refractivity contribution is 6.26. The summed E-state index contributed by atoms with van der Waals surface area (Å²) in [6.07, 6.45) is 8.43. The van der Waals surface area contributed by atoms with Crippen LogP contribution in [0.1, 0.15) is 92.4 Å². The summed E-state index contributed by atoms with van der Waals surface area (Å²) in [5.41, 5.74) is -2.27. The summed E-state index contributed by atoms with van der Waals surface area (Å²) in [4.78, 5) is 50.5. The van der Waals surface area contributed by atoms with E-state index in [2.05, 4.69) is 0 Å². The second kappa shape index (κ2) is 10.8. The first-order valence-corrected chi connectivity index (χ1v) is 14.9. The molecule has 1 N–H and O–H groups in total. The number of hydrogen-bond acceptors (Lipinski definition) is 7. The van der Waals surface area contributed by atoms with Gasteiger partial charge in [-0.2, -0.15) is 0 Å².